The summed E-state index contributed by atoms with van der Waals surface area (Å²) in [5, 5.41) is 10.3. The van der Waals surface area contributed by atoms with Crippen molar-refractivity contribution >= 4 is 28.5 Å². The van der Waals surface area contributed by atoms with Crippen LogP contribution in [0.3, 0.4) is 0 Å². The van der Waals surface area contributed by atoms with Crippen LogP contribution < -0.4 is 0 Å². The Morgan fingerprint density at radius 3 is 2.56 bits per heavy atom. The second-order valence-electron chi connectivity index (χ2n) is 3.20. The number of carbonyl (C=O) groups excluding carboxylic acids is 1. The predicted molar refractivity (Wildman–Crippen MR) is 68.7 cm³/mol. The molecule has 1 aromatic carbocycles. The van der Waals surface area contributed by atoms with Crippen LogP contribution in [0.25, 0.3) is 0 Å². The lowest BCUT2D eigenvalue weighted by atomic mass is 10.0. The number of benzene rings is 1. The summed E-state index contributed by atoms with van der Waals surface area (Å²) < 4.78 is 0. The van der Waals surface area contributed by atoms with E-state index in [1.54, 1.807) is 24.3 Å². The van der Waals surface area contributed by atoms with Gasteiger partial charge in [0.2, 0.25) is 5.12 Å². The molecule has 0 aliphatic heterocycles. The molecular weight excluding hydrogens is 244 g/mol. The maximum atomic E-state index is 11.5. The van der Waals surface area contributed by atoms with Gasteiger partial charge in [-0.05, 0) is 23.4 Å². The van der Waals surface area contributed by atoms with Gasteiger partial charge in [-0.1, -0.05) is 49.0 Å². The van der Waals surface area contributed by atoms with Gasteiger partial charge in [0.05, 0.1) is 0 Å². The van der Waals surface area contributed by atoms with Crippen LogP contribution in [0.4, 0.5) is 0 Å². The number of rotatable bonds is 4. The van der Waals surface area contributed by atoms with E-state index >= 15 is 0 Å². The van der Waals surface area contributed by atoms with Crippen LogP contribution in [0.5, 0.6) is 0 Å². The summed E-state index contributed by atoms with van der Waals surface area (Å²) >= 11 is 6.87. The van der Waals surface area contributed by atoms with Crippen molar-refractivity contribution in [2.45, 2.75) is 13.0 Å². The molecule has 86 valence electrons. The molecule has 0 fully saturated rings. The lowest BCUT2D eigenvalue weighted by molar-refractivity contribution is -0.108. The van der Waals surface area contributed by atoms with E-state index in [9.17, 15) is 9.90 Å². The number of aliphatic hydroxyl groups is 1. The minimum Gasteiger partial charge on any atom is -0.384 e. The molecule has 0 aliphatic rings. The molecule has 1 N–H and O–H groups in total. The number of hydrogen-bond acceptors (Lipinski definition) is 3. The maximum absolute atomic E-state index is 11.5. The molecule has 0 saturated heterocycles. The van der Waals surface area contributed by atoms with E-state index in [0.29, 0.717) is 16.3 Å². The highest BCUT2D eigenvalue weighted by Crippen LogP contribution is 2.25. The molecule has 0 aliphatic carbocycles. The molecule has 0 radical (unpaired) electrons. The van der Waals surface area contributed by atoms with E-state index < -0.39 is 6.10 Å². The topological polar surface area (TPSA) is 37.3 Å². The summed E-state index contributed by atoms with van der Waals surface area (Å²) in [4.78, 5) is 11.5. The van der Waals surface area contributed by atoms with Gasteiger partial charge in [0.25, 0.3) is 0 Å². The van der Waals surface area contributed by atoms with Gasteiger partial charge in [-0.25, -0.2) is 0 Å². The Labute approximate surface area is 104 Å². The molecule has 1 unspecified atom stereocenters. The quantitative estimate of drug-likeness (QED) is 0.841. The van der Waals surface area contributed by atoms with Crippen LogP contribution in [0.15, 0.2) is 36.4 Å². The molecule has 16 heavy (non-hydrogen) atoms. The fourth-order valence-electron chi connectivity index (χ4n) is 1.18. The number of carbonyl (C=O) groups is 1. The summed E-state index contributed by atoms with van der Waals surface area (Å²) in [5.74, 6) is 0.672. The van der Waals surface area contributed by atoms with Crippen molar-refractivity contribution in [1.82, 2.24) is 0 Å². The van der Waals surface area contributed by atoms with Crippen molar-refractivity contribution in [2.24, 2.45) is 0 Å². The number of halogens is 1. The van der Waals surface area contributed by atoms with Gasteiger partial charge < -0.3 is 5.11 Å². The Morgan fingerprint density at radius 1 is 1.50 bits per heavy atom. The van der Waals surface area contributed by atoms with Gasteiger partial charge in [0.15, 0.2) is 0 Å². The minimum absolute atomic E-state index is 0.176. The monoisotopic (exact) mass is 256 g/mol. The molecular formula is C12H13ClO2S. The second-order valence-corrected chi connectivity index (χ2v) is 4.87. The Balaban J connectivity index is 2.77. The zero-order valence-electron chi connectivity index (χ0n) is 8.94. The van der Waals surface area contributed by atoms with E-state index in [1.165, 1.54) is 0 Å². The number of thioether (sulfide) groups is 1. The molecule has 0 spiro atoms. The maximum Gasteiger partial charge on any atom is 0.217 e. The molecule has 0 amide bonds. The average Bonchev–Trinajstić information content (AvgIpc) is 2.28. The van der Waals surface area contributed by atoms with Gasteiger partial charge in [0, 0.05) is 10.6 Å². The van der Waals surface area contributed by atoms with Crippen LogP contribution in [-0.4, -0.2) is 16.0 Å². The third-order valence-corrected chi connectivity index (χ3v) is 3.12. The van der Waals surface area contributed by atoms with Crippen molar-refractivity contribution in [3.63, 3.8) is 0 Å². The van der Waals surface area contributed by atoms with Crippen LogP contribution in [0, 0.1) is 0 Å². The fourth-order valence-corrected chi connectivity index (χ4v) is 1.87. The third-order valence-electron chi connectivity index (χ3n) is 2.05. The van der Waals surface area contributed by atoms with E-state index in [0.717, 1.165) is 11.8 Å². The van der Waals surface area contributed by atoms with Crippen LogP contribution in [0.2, 0.25) is 5.02 Å². The normalized spacial score (nSPS) is 12.2. The van der Waals surface area contributed by atoms with E-state index in [4.69, 9.17) is 11.6 Å². The second kappa shape index (κ2) is 6.09. The molecule has 2 nitrogen and oxygen atoms in total. The zero-order valence-corrected chi connectivity index (χ0v) is 10.5. The lowest BCUT2D eigenvalue weighted by Crippen LogP contribution is -2.07. The highest BCUT2D eigenvalue weighted by Gasteiger charge is 2.17. The number of hydrogen-bond donors (Lipinski definition) is 1. The summed E-state index contributed by atoms with van der Waals surface area (Å²) in [6.45, 7) is 5.50. The molecule has 1 rings (SSSR count). The van der Waals surface area contributed by atoms with Crippen molar-refractivity contribution in [1.29, 1.82) is 0 Å². The van der Waals surface area contributed by atoms with Gasteiger partial charge in [-0.15, -0.1) is 0 Å². The lowest BCUT2D eigenvalue weighted by Gasteiger charge is -2.12. The van der Waals surface area contributed by atoms with Gasteiger partial charge in [-0.3, -0.25) is 4.79 Å². The van der Waals surface area contributed by atoms with E-state index in [-0.39, 0.29) is 10.7 Å². The Morgan fingerprint density at radius 2 is 2.06 bits per heavy atom. The molecule has 0 saturated carbocycles. The van der Waals surface area contributed by atoms with Gasteiger partial charge in [0.1, 0.15) is 6.10 Å². The highest BCUT2D eigenvalue weighted by atomic mass is 35.5. The average molecular weight is 257 g/mol. The molecule has 4 heteroatoms. The van der Waals surface area contributed by atoms with Crippen LogP contribution in [-0.2, 0) is 4.79 Å². The molecule has 0 bridgehead atoms. The van der Waals surface area contributed by atoms with Crippen LogP contribution >= 0.6 is 23.4 Å². The Bertz CT molecular complexity index is 387. The summed E-state index contributed by atoms with van der Waals surface area (Å²) in [6, 6.07) is 6.71. The Kier molecular flexibility index (Phi) is 5.06. The predicted octanol–water partition coefficient (Wildman–Crippen LogP) is 3.21. The summed E-state index contributed by atoms with van der Waals surface area (Å²) in [5.41, 5.74) is 0.827. The van der Waals surface area contributed by atoms with Crippen molar-refractivity contribution < 1.29 is 9.90 Å². The Hall–Kier alpha value is -0.770. The first-order chi connectivity index (χ1) is 7.56. The molecule has 0 heterocycles. The molecule has 1 aromatic rings. The first-order valence-electron chi connectivity index (χ1n) is 4.85. The van der Waals surface area contributed by atoms with Crippen molar-refractivity contribution in [2.75, 3.05) is 5.75 Å². The van der Waals surface area contributed by atoms with Crippen molar-refractivity contribution in [3.05, 3.63) is 47.0 Å². The first-order valence-corrected chi connectivity index (χ1v) is 6.22. The minimum atomic E-state index is -0.955. The van der Waals surface area contributed by atoms with Gasteiger partial charge in [-0.2, -0.15) is 0 Å². The van der Waals surface area contributed by atoms with E-state index in [1.807, 2.05) is 6.92 Å². The van der Waals surface area contributed by atoms with Crippen LogP contribution in [0.1, 0.15) is 18.6 Å². The first kappa shape index (κ1) is 13.3. The SMILES string of the molecule is C=C(C(=O)SCC)C(O)c1ccc(Cl)cc1. The smallest absolute Gasteiger partial charge is 0.217 e. The molecule has 0 aromatic heterocycles. The molecule has 1 atom stereocenters. The van der Waals surface area contributed by atoms with Crippen molar-refractivity contribution in [3.8, 4) is 0 Å². The highest BCUT2D eigenvalue weighted by molar-refractivity contribution is 8.14. The zero-order chi connectivity index (χ0) is 12.1. The van der Waals surface area contributed by atoms with E-state index in [2.05, 4.69) is 6.58 Å². The standard InChI is InChI=1S/C12H13ClO2S/c1-3-16-12(15)8(2)11(14)9-4-6-10(13)7-5-9/h4-7,11,14H,2-3H2,1H3. The largest absolute Gasteiger partial charge is 0.384 e. The fraction of sp³-hybridized carbons (Fsp3) is 0.250. The summed E-state index contributed by atoms with van der Waals surface area (Å²) in [6.07, 6.45) is -0.955. The number of aliphatic hydroxyl groups excluding tert-OH is 1. The third kappa shape index (κ3) is 3.37. The van der Waals surface area contributed by atoms with Gasteiger partial charge >= 0.3 is 0 Å². The summed E-state index contributed by atoms with van der Waals surface area (Å²) in [7, 11) is 0.